The predicted molar refractivity (Wildman–Crippen MR) is 110 cm³/mol. The molecule has 2 aliphatic heterocycles. The van der Waals surface area contributed by atoms with Crippen LogP contribution in [0.4, 0.5) is 5.69 Å². The number of benzene rings is 1. The average molecular weight is 377 g/mol. The van der Waals surface area contributed by atoms with Crippen molar-refractivity contribution in [1.29, 1.82) is 0 Å². The van der Waals surface area contributed by atoms with Crippen molar-refractivity contribution in [3.05, 3.63) is 18.2 Å². The molecule has 0 amide bonds. The molecule has 1 aliphatic carbocycles. The van der Waals surface area contributed by atoms with Crippen molar-refractivity contribution < 1.29 is 9.47 Å². The normalized spacial score (nSPS) is 21.8. The number of nitrogens with zero attached hydrogens (tertiary/aromatic N) is 2. The molecule has 26 heavy (non-hydrogen) atoms. The molecule has 2 heterocycles. The predicted octanol–water partition coefficient (Wildman–Crippen LogP) is 4.04. The molecule has 0 atom stereocenters. The summed E-state index contributed by atoms with van der Waals surface area (Å²) in [7, 11) is 0. The summed E-state index contributed by atoms with van der Waals surface area (Å²) in [6.07, 6.45) is 8.62. The molecule has 1 saturated carbocycles. The number of thioether (sulfide) groups is 1. The molecule has 3 aliphatic rings. The van der Waals surface area contributed by atoms with Gasteiger partial charge in [0.05, 0.1) is 5.69 Å². The first kappa shape index (κ1) is 18.3. The first-order valence-corrected chi connectivity index (χ1v) is 11.4. The van der Waals surface area contributed by atoms with Crippen LogP contribution in [0.25, 0.3) is 0 Å². The van der Waals surface area contributed by atoms with E-state index in [0.717, 1.165) is 42.9 Å². The van der Waals surface area contributed by atoms with Crippen LogP contribution < -0.4 is 14.4 Å². The van der Waals surface area contributed by atoms with Crippen molar-refractivity contribution in [2.75, 3.05) is 56.6 Å². The van der Waals surface area contributed by atoms with E-state index in [1.165, 1.54) is 56.5 Å². The third-order valence-corrected chi connectivity index (χ3v) is 7.25. The molecular weight excluding hydrogens is 344 g/mol. The van der Waals surface area contributed by atoms with Crippen LogP contribution in [0.15, 0.2) is 18.2 Å². The molecule has 1 aromatic carbocycles. The molecule has 0 aromatic heterocycles. The Hall–Kier alpha value is -1.07. The van der Waals surface area contributed by atoms with Gasteiger partial charge in [-0.25, -0.2) is 0 Å². The second-order valence-electron chi connectivity index (χ2n) is 7.61. The lowest BCUT2D eigenvalue weighted by atomic mass is 10.0. The molecule has 144 valence electrons. The van der Waals surface area contributed by atoms with Gasteiger partial charge in [-0.1, -0.05) is 25.3 Å². The highest BCUT2D eigenvalue weighted by atomic mass is 32.2. The highest BCUT2D eigenvalue weighted by Crippen LogP contribution is 2.39. The molecular formula is C21H32N2O2S. The van der Waals surface area contributed by atoms with E-state index >= 15 is 0 Å². The fraction of sp³-hybridized carbons (Fsp3) is 0.714. The molecule has 4 rings (SSSR count). The first-order chi connectivity index (χ1) is 12.9. The van der Waals surface area contributed by atoms with E-state index in [1.807, 2.05) is 6.07 Å². The summed E-state index contributed by atoms with van der Waals surface area (Å²) in [4.78, 5) is 5.09. The third kappa shape index (κ3) is 4.61. The minimum Gasteiger partial charge on any atom is -0.486 e. The van der Waals surface area contributed by atoms with Gasteiger partial charge in [-0.15, -0.1) is 0 Å². The Kier molecular flexibility index (Phi) is 6.49. The topological polar surface area (TPSA) is 24.9 Å². The zero-order chi connectivity index (χ0) is 17.6. The lowest BCUT2D eigenvalue weighted by molar-refractivity contribution is 0.171. The van der Waals surface area contributed by atoms with E-state index in [0.29, 0.717) is 13.2 Å². The number of para-hydroxylation sites is 1. The van der Waals surface area contributed by atoms with Crippen LogP contribution >= 0.6 is 11.8 Å². The number of hydrogen-bond acceptors (Lipinski definition) is 5. The van der Waals surface area contributed by atoms with Crippen molar-refractivity contribution in [3.8, 4) is 11.5 Å². The molecule has 0 bridgehead atoms. The van der Waals surface area contributed by atoms with Crippen molar-refractivity contribution in [2.45, 2.75) is 43.8 Å². The summed E-state index contributed by atoms with van der Waals surface area (Å²) in [5.41, 5.74) is 1.20. The summed E-state index contributed by atoms with van der Waals surface area (Å²) in [6, 6.07) is 6.26. The molecule has 0 N–H and O–H groups in total. The minimum absolute atomic E-state index is 0.655. The van der Waals surface area contributed by atoms with Gasteiger partial charge in [-0.2, -0.15) is 11.8 Å². The Balaban J connectivity index is 1.20. The van der Waals surface area contributed by atoms with E-state index < -0.39 is 0 Å². The molecule has 2 fully saturated rings. The highest BCUT2D eigenvalue weighted by molar-refractivity contribution is 7.99. The highest BCUT2D eigenvalue weighted by Gasteiger charge is 2.23. The lowest BCUT2D eigenvalue weighted by Crippen LogP contribution is -2.47. The molecule has 0 unspecified atom stereocenters. The molecule has 1 aromatic rings. The summed E-state index contributed by atoms with van der Waals surface area (Å²) in [6.45, 7) is 7.02. The van der Waals surface area contributed by atoms with Crippen molar-refractivity contribution in [1.82, 2.24) is 4.90 Å². The second kappa shape index (κ2) is 9.23. The molecule has 1 saturated heterocycles. The summed E-state index contributed by atoms with van der Waals surface area (Å²) < 4.78 is 11.6. The first-order valence-electron chi connectivity index (χ1n) is 10.4. The number of fused-ring (bicyclic) bond motifs is 1. The Morgan fingerprint density at radius 1 is 0.962 bits per heavy atom. The Bertz CT molecular complexity index is 569. The molecule has 4 nitrogen and oxygen atoms in total. The second-order valence-corrected chi connectivity index (χ2v) is 9.02. The Labute approximate surface area is 162 Å². The molecule has 0 spiro atoms. The van der Waals surface area contributed by atoms with Gasteiger partial charge in [0.25, 0.3) is 0 Å². The van der Waals surface area contributed by atoms with Crippen LogP contribution in [-0.2, 0) is 0 Å². The fourth-order valence-electron chi connectivity index (χ4n) is 4.29. The number of piperazine rings is 1. The zero-order valence-corrected chi connectivity index (χ0v) is 16.6. The number of rotatable bonds is 6. The Morgan fingerprint density at radius 3 is 2.62 bits per heavy atom. The van der Waals surface area contributed by atoms with Crippen molar-refractivity contribution in [3.63, 3.8) is 0 Å². The molecule has 0 radical (unpaired) electrons. The third-order valence-electron chi connectivity index (χ3n) is 5.78. The standard InChI is InChI=1S/C21H32N2O2S/c1-2-6-18(7-3-1)26-17-5-10-22-11-13-23(14-12-22)19-8-4-9-20-21(19)25-16-15-24-20/h4,8-9,18H,1-3,5-7,10-17H2. The van der Waals surface area contributed by atoms with Gasteiger partial charge in [0.1, 0.15) is 13.2 Å². The van der Waals surface area contributed by atoms with Crippen LogP contribution in [-0.4, -0.2) is 61.8 Å². The maximum atomic E-state index is 5.89. The molecule has 5 heteroatoms. The van der Waals surface area contributed by atoms with Gasteiger partial charge in [0.15, 0.2) is 11.5 Å². The van der Waals surface area contributed by atoms with Gasteiger partial charge in [-0.05, 0) is 43.7 Å². The van der Waals surface area contributed by atoms with Gasteiger partial charge in [-0.3, -0.25) is 4.90 Å². The minimum atomic E-state index is 0.655. The Morgan fingerprint density at radius 2 is 1.77 bits per heavy atom. The van der Waals surface area contributed by atoms with Gasteiger partial charge < -0.3 is 14.4 Å². The number of hydrogen-bond donors (Lipinski definition) is 0. The monoisotopic (exact) mass is 376 g/mol. The lowest BCUT2D eigenvalue weighted by Gasteiger charge is -2.37. The average Bonchev–Trinajstić information content (AvgIpc) is 2.72. The largest absolute Gasteiger partial charge is 0.486 e. The maximum absolute atomic E-state index is 5.89. The van der Waals surface area contributed by atoms with Crippen molar-refractivity contribution in [2.24, 2.45) is 0 Å². The van der Waals surface area contributed by atoms with E-state index in [-0.39, 0.29) is 0 Å². The van der Waals surface area contributed by atoms with Crippen LogP contribution in [0.3, 0.4) is 0 Å². The van der Waals surface area contributed by atoms with Crippen LogP contribution in [0.2, 0.25) is 0 Å². The smallest absolute Gasteiger partial charge is 0.184 e. The van der Waals surface area contributed by atoms with Crippen molar-refractivity contribution >= 4 is 17.4 Å². The maximum Gasteiger partial charge on any atom is 0.184 e. The SMILES string of the molecule is c1cc2c(c(N3CCN(CCCSC4CCCCC4)CC3)c1)OCCO2. The summed E-state index contributed by atoms with van der Waals surface area (Å²) in [5, 5.41) is 0.951. The van der Waals surface area contributed by atoms with Crippen LogP contribution in [0.1, 0.15) is 38.5 Å². The van der Waals surface area contributed by atoms with Crippen LogP contribution in [0, 0.1) is 0 Å². The van der Waals surface area contributed by atoms with Gasteiger partial charge in [0.2, 0.25) is 0 Å². The quantitative estimate of drug-likeness (QED) is 0.698. The zero-order valence-electron chi connectivity index (χ0n) is 15.8. The van der Waals surface area contributed by atoms with E-state index in [9.17, 15) is 0 Å². The van der Waals surface area contributed by atoms with Crippen LogP contribution in [0.5, 0.6) is 11.5 Å². The number of ether oxygens (including phenoxy) is 2. The summed E-state index contributed by atoms with van der Waals surface area (Å²) >= 11 is 2.23. The van der Waals surface area contributed by atoms with Gasteiger partial charge in [0, 0.05) is 31.4 Å². The van der Waals surface area contributed by atoms with E-state index in [1.54, 1.807) is 0 Å². The number of anilines is 1. The fourth-order valence-corrected chi connectivity index (χ4v) is 5.59. The summed E-state index contributed by atoms with van der Waals surface area (Å²) in [5.74, 6) is 3.18. The van der Waals surface area contributed by atoms with E-state index in [4.69, 9.17) is 9.47 Å². The van der Waals surface area contributed by atoms with E-state index in [2.05, 4.69) is 33.7 Å². The van der Waals surface area contributed by atoms with Gasteiger partial charge >= 0.3 is 0 Å².